The molecule has 0 aliphatic rings. The van der Waals surface area contributed by atoms with Gasteiger partial charge in [0.05, 0.1) is 11.3 Å². The molecule has 0 amide bonds. The minimum absolute atomic E-state index is 0.647. The normalized spacial score (nSPS) is 12.4. The van der Waals surface area contributed by atoms with Crippen molar-refractivity contribution in [2.45, 2.75) is 12.7 Å². The molecule has 0 fully saturated rings. The lowest BCUT2D eigenvalue weighted by Crippen LogP contribution is -2.27. The summed E-state index contributed by atoms with van der Waals surface area (Å²) >= 11 is 0. The van der Waals surface area contributed by atoms with Crippen LogP contribution in [0.15, 0.2) is 30.5 Å². The zero-order chi connectivity index (χ0) is 17.6. The van der Waals surface area contributed by atoms with Gasteiger partial charge in [-0.15, -0.1) is 0 Å². The quantitative estimate of drug-likeness (QED) is 0.814. The predicted molar refractivity (Wildman–Crippen MR) is 89.2 cm³/mol. The zero-order valence-corrected chi connectivity index (χ0v) is 13.7. The summed E-state index contributed by atoms with van der Waals surface area (Å²) in [6.07, 6.45) is 1.09. The van der Waals surface area contributed by atoms with Crippen molar-refractivity contribution in [2.75, 3.05) is 27.2 Å². The molecule has 0 radical (unpaired) electrons. The van der Waals surface area contributed by atoms with Gasteiger partial charge in [-0.1, -0.05) is 18.2 Å². The van der Waals surface area contributed by atoms with Crippen molar-refractivity contribution in [3.05, 3.63) is 52.8 Å². The van der Waals surface area contributed by atoms with Gasteiger partial charge in [0.15, 0.2) is 0 Å². The Morgan fingerprint density at radius 1 is 1.21 bits per heavy atom. The molecule has 0 atom stereocenters. The third kappa shape index (κ3) is 5.21. The first-order valence-electron chi connectivity index (χ1n) is 7.61. The molecule has 0 unspecified atom stereocenters. The maximum Gasteiger partial charge on any atom is 0.416 e. The Morgan fingerprint density at radius 3 is 2.54 bits per heavy atom. The standard InChI is InChI=1S/C17H21F3N4/c1-21-9-10-24(2)12-14-11-22-23-16(14)8-5-13-3-6-15(7-4-13)17(18,19)20/h3-8,11,21H,9-10,12H2,1-2H3,(H,22,23)/b8-5+. The van der Waals surface area contributed by atoms with Gasteiger partial charge in [-0.2, -0.15) is 18.3 Å². The number of alkyl halides is 3. The summed E-state index contributed by atoms with van der Waals surface area (Å²) in [5.74, 6) is 0. The van der Waals surface area contributed by atoms with Gasteiger partial charge in [-0.3, -0.25) is 5.10 Å². The summed E-state index contributed by atoms with van der Waals surface area (Å²) in [4.78, 5) is 2.16. The monoisotopic (exact) mass is 338 g/mol. The average Bonchev–Trinajstić information content (AvgIpc) is 2.97. The van der Waals surface area contributed by atoms with Gasteiger partial charge in [0.25, 0.3) is 0 Å². The first-order chi connectivity index (χ1) is 11.4. The zero-order valence-electron chi connectivity index (χ0n) is 13.7. The summed E-state index contributed by atoms with van der Waals surface area (Å²) < 4.78 is 37.7. The molecule has 24 heavy (non-hydrogen) atoms. The topological polar surface area (TPSA) is 44.0 Å². The molecule has 4 nitrogen and oxygen atoms in total. The Labute approximate surface area is 139 Å². The summed E-state index contributed by atoms with van der Waals surface area (Å²) in [6.45, 7) is 2.54. The van der Waals surface area contributed by atoms with E-state index in [1.54, 1.807) is 12.2 Å². The molecule has 1 aromatic carbocycles. The lowest BCUT2D eigenvalue weighted by Gasteiger charge is -2.15. The lowest BCUT2D eigenvalue weighted by molar-refractivity contribution is -0.137. The number of aromatic nitrogens is 2. The molecule has 2 aromatic rings. The Kier molecular flexibility index (Phi) is 6.16. The third-order valence-electron chi connectivity index (χ3n) is 3.61. The van der Waals surface area contributed by atoms with E-state index in [1.165, 1.54) is 12.1 Å². The van der Waals surface area contributed by atoms with Gasteiger partial charge in [0, 0.05) is 31.4 Å². The van der Waals surface area contributed by atoms with Crippen molar-refractivity contribution in [2.24, 2.45) is 0 Å². The fraction of sp³-hybridized carbons (Fsp3) is 0.353. The van der Waals surface area contributed by atoms with Crippen LogP contribution in [0.25, 0.3) is 12.2 Å². The molecule has 130 valence electrons. The van der Waals surface area contributed by atoms with Gasteiger partial charge < -0.3 is 10.2 Å². The van der Waals surface area contributed by atoms with Crippen molar-refractivity contribution in [3.8, 4) is 0 Å². The number of halogens is 3. The number of hydrogen-bond acceptors (Lipinski definition) is 3. The van der Waals surface area contributed by atoms with E-state index in [2.05, 4.69) is 20.4 Å². The molecule has 7 heteroatoms. The summed E-state index contributed by atoms with van der Waals surface area (Å²) in [7, 11) is 3.93. The Balaban J connectivity index is 2.03. The highest BCUT2D eigenvalue weighted by molar-refractivity contribution is 5.69. The van der Waals surface area contributed by atoms with Gasteiger partial charge in [0.1, 0.15) is 0 Å². The summed E-state index contributed by atoms with van der Waals surface area (Å²) in [5.41, 5.74) is 1.87. The van der Waals surface area contributed by atoms with E-state index in [9.17, 15) is 13.2 Å². The second-order valence-corrected chi connectivity index (χ2v) is 5.59. The van der Waals surface area contributed by atoms with E-state index in [4.69, 9.17) is 0 Å². The number of benzene rings is 1. The molecule has 2 N–H and O–H groups in total. The van der Waals surface area contributed by atoms with Gasteiger partial charge in [-0.25, -0.2) is 0 Å². The molecule has 1 heterocycles. The Bertz CT molecular complexity index is 659. The molecule has 1 aromatic heterocycles. The van der Waals surface area contributed by atoms with Gasteiger partial charge in [0.2, 0.25) is 0 Å². The maximum atomic E-state index is 12.6. The highest BCUT2D eigenvalue weighted by Gasteiger charge is 2.29. The molecule has 0 aliphatic heterocycles. The minimum Gasteiger partial charge on any atom is -0.318 e. The fourth-order valence-electron chi connectivity index (χ4n) is 2.23. The van der Waals surface area contributed by atoms with Crippen molar-refractivity contribution in [1.29, 1.82) is 0 Å². The highest BCUT2D eigenvalue weighted by Crippen LogP contribution is 2.29. The average molecular weight is 338 g/mol. The first kappa shape index (κ1) is 18.2. The van der Waals surface area contributed by atoms with Crippen LogP contribution in [0.1, 0.15) is 22.4 Å². The van der Waals surface area contributed by atoms with Crippen LogP contribution in [0.3, 0.4) is 0 Å². The van der Waals surface area contributed by atoms with Crippen LogP contribution in [0.4, 0.5) is 13.2 Å². The minimum atomic E-state index is -4.31. The molecule has 0 saturated carbocycles. The van der Waals surface area contributed by atoms with Crippen LogP contribution in [-0.4, -0.2) is 42.3 Å². The molecular weight excluding hydrogens is 317 g/mol. The number of likely N-dealkylation sites (N-methyl/N-ethyl adjacent to an activating group) is 2. The molecule has 0 spiro atoms. The maximum absolute atomic E-state index is 12.6. The van der Waals surface area contributed by atoms with Crippen LogP contribution in [0.2, 0.25) is 0 Å². The van der Waals surface area contributed by atoms with E-state index >= 15 is 0 Å². The Morgan fingerprint density at radius 2 is 1.92 bits per heavy atom. The summed E-state index contributed by atoms with van der Waals surface area (Å²) in [5, 5.41) is 10.1. The first-order valence-corrected chi connectivity index (χ1v) is 7.61. The van der Waals surface area contributed by atoms with Crippen LogP contribution >= 0.6 is 0 Å². The van der Waals surface area contributed by atoms with E-state index in [-0.39, 0.29) is 0 Å². The van der Waals surface area contributed by atoms with Crippen molar-refractivity contribution < 1.29 is 13.2 Å². The van der Waals surface area contributed by atoms with E-state index < -0.39 is 11.7 Å². The van der Waals surface area contributed by atoms with Crippen molar-refractivity contribution in [3.63, 3.8) is 0 Å². The molecule has 0 aliphatic carbocycles. The van der Waals surface area contributed by atoms with Crippen LogP contribution in [0.5, 0.6) is 0 Å². The third-order valence-corrected chi connectivity index (χ3v) is 3.61. The molecule has 2 rings (SSSR count). The van der Waals surface area contributed by atoms with Crippen LogP contribution in [0, 0.1) is 0 Å². The fourth-order valence-corrected chi connectivity index (χ4v) is 2.23. The molecule has 0 bridgehead atoms. The second-order valence-electron chi connectivity index (χ2n) is 5.59. The number of nitrogens with zero attached hydrogens (tertiary/aromatic N) is 2. The smallest absolute Gasteiger partial charge is 0.318 e. The number of rotatable bonds is 7. The van der Waals surface area contributed by atoms with E-state index in [0.29, 0.717) is 5.56 Å². The van der Waals surface area contributed by atoms with Crippen LogP contribution < -0.4 is 5.32 Å². The number of aromatic amines is 1. The number of nitrogens with one attached hydrogen (secondary N) is 2. The van der Waals surface area contributed by atoms with Crippen molar-refractivity contribution >= 4 is 12.2 Å². The van der Waals surface area contributed by atoms with Crippen LogP contribution in [-0.2, 0) is 12.7 Å². The predicted octanol–water partition coefficient (Wildman–Crippen LogP) is 3.25. The Hall–Kier alpha value is -2.12. The highest BCUT2D eigenvalue weighted by atomic mass is 19.4. The van der Waals surface area contributed by atoms with Gasteiger partial charge >= 0.3 is 6.18 Å². The number of H-pyrrole nitrogens is 1. The summed E-state index contributed by atoms with van der Waals surface area (Å²) in [6, 6.07) is 5.06. The van der Waals surface area contributed by atoms with E-state index in [0.717, 1.165) is 43.0 Å². The van der Waals surface area contributed by atoms with E-state index in [1.807, 2.05) is 20.3 Å². The molecular formula is C17H21F3N4. The van der Waals surface area contributed by atoms with Gasteiger partial charge in [-0.05, 0) is 37.9 Å². The lowest BCUT2D eigenvalue weighted by atomic mass is 10.1. The number of hydrogen-bond donors (Lipinski definition) is 2. The molecule has 0 saturated heterocycles. The van der Waals surface area contributed by atoms with Crippen molar-refractivity contribution in [1.82, 2.24) is 20.4 Å². The largest absolute Gasteiger partial charge is 0.416 e. The second kappa shape index (κ2) is 8.12. The SMILES string of the molecule is CNCCN(C)Cc1c[nH]nc1/C=C/c1ccc(C(F)(F)F)cc1.